The molecule has 5 aromatic rings. The van der Waals surface area contributed by atoms with Crippen LogP contribution in [0.4, 0.5) is 0 Å². The van der Waals surface area contributed by atoms with Crippen molar-refractivity contribution in [3.05, 3.63) is 78.0 Å². The van der Waals surface area contributed by atoms with Gasteiger partial charge >= 0.3 is 0 Å². The number of pyridine rings is 1. The van der Waals surface area contributed by atoms with Crippen molar-refractivity contribution in [2.45, 2.75) is 12.5 Å². The molecule has 0 aliphatic carbocycles. The molecule has 1 atom stereocenters. The lowest BCUT2D eigenvalue weighted by Gasteiger charge is -2.23. The normalized spacial score (nSPS) is 13.6. The first kappa shape index (κ1) is 17.8. The smallest absolute Gasteiger partial charge is 0.144 e. The zero-order chi connectivity index (χ0) is 20.0. The Bertz CT molecular complexity index is 1310. The number of nitrogens with zero attached hydrogens (tertiary/aromatic N) is 4. The van der Waals surface area contributed by atoms with Gasteiger partial charge in [0, 0.05) is 53.7 Å². The van der Waals surface area contributed by atoms with Crippen molar-refractivity contribution in [2.75, 3.05) is 0 Å². The molecule has 0 saturated carbocycles. The van der Waals surface area contributed by atoms with Gasteiger partial charge in [0.1, 0.15) is 22.1 Å². The number of aryl methyl sites for hydroxylation is 1. The van der Waals surface area contributed by atoms with E-state index in [2.05, 4.69) is 15.0 Å². The zero-order valence-corrected chi connectivity index (χ0v) is 16.8. The molecule has 0 saturated heterocycles. The van der Waals surface area contributed by atoms with Crippen LogP contribution in [-0.4, -0.2) is 29.6 Å². The van der Waals surface area contributed by atoms with Crippen LogP contribution in [0.15, 0.2) is 66.6 Å². The molecule has 0 fully saturated rings. The number of rotatable bonds is 4. The van der Waals surface area contributed by atoms with Crippen LogP contribution in [0.3, 0.4) is 0 Å². The summed E-state index contributed by atoms with van der Waals surface area (Å²) < 4.78 is 1.83. The fraction of sp³-hybridized carbons (Fsp3) is 0.136. The summed E-state index contributed by atoms with van der Waals surface area (Å²) in [5.41, 5.74) is 3.30. The maximum absolute atomic E-state index is 11.2. The van der Waals surface area contributed by atoms with Crippen LogP contribution in [0.5, 0.6) is 0 Å². The van der Waals surface area contributed by atoms with Gasteiger partial charge in [-0.05, 0) is 30.7 Å². The van der Waals surface area contributed by atoms with E-state index in [4.69, 9.17) is 4.98 Å². The lowest BCUT2D eigenvalue weighted by Crippen LogP contribution is -2.26. The number of fused-ring (bicyclic) bond motifs is 1. The maximum Gasteiger partial charge on any atom is 0.144 e. The average molecular weight is 401 g/mol. The van der Waals surface area contributed by atoms with Crippen LogP contribution in [0, 0.1) is 0 Å². The molecule has 5 rings (SSSR count). The average Bonchev–Trinajstić information content (AvgIpc) is 3.47. The van der Waals surface area contributed by atoms with Gasteiger partial charge in [-0.15, -0.1) is 11.3 Å². The predicted molar refractivity (Wildman–Crippen MR) is 115 cm³/mol. The molecule has 0 bridgehead atoms. The van der Waals surface area contributed by atoms with Gasteiger partial charge in [0.25, 0.3) is 0 Å². The third kappa shape index (κ3) is 2.95. The predicted octanol–water partition coefficient (Wildman–Crippen LogP) is 4.34. The Morgan fingerprint density at radius 2 is 2.03 bits per heavy atom. The summed E-state index contributed by atoms with van der Waals surface area (Å²) in [6.45, 7) is 1.76. The number of hydrogen-bond acceptors (Lipinski definition) is 5. The quantitative estimate of drug-likeness (QED) is 0.469. The molecule has 0 amide bonds. The van der Waals surface area contributed by atoms with Crippen molar-refractivity contribution in [2.24, 2.45) is 7.05 Å². The lowest BCUT2D eigenvalue weighted by atomic mass is 9.93. The van der Waals surface area contributed by atoms with Gasteiger partial charge in [-0.2, -0.15) is 0 Å². The Hall–Kier alpha value is -3.29. The fourth-order valence-electron chi connectivity index (χ4n) is 3.61. The van der Waals surface area contributed by atoms with Gasteiger partial charge in [0.15, 0.2) is 0 Å². The molecule has 0 aliphatic heterocycles. The third-order valence-electron chi connectivity index (χ3n) is 5.16. The molecule has 29 heavy (non-hydrogen) atoms. The van der Waals surface area contributed by atoms with Gasteiger partial charge in [-0.1, -0.05) is 18.2 Å². The van der Waals surface area contributed by atoms with E-state index < -0.39 is 5.60 Å². The number of hydrogen-bond donors (Lipinski definition) is 2. The van der Waals surface area contributed by atoms with Crippen LogP contribution >= 0.6 is 11.3 Å². The van der Waals surface area contributed by atoms with Crippen LogP contribution in [0.2, 0.25) is 0 Å². The van der Waals surface area contributed by atoms with Crippen LogP contribution in [0.1, 0.15) is 18.3 Å². The third-order valence-corrected chi connectivity index (χ3v) is 6.04. The van der Waals surface area contributed by atoms with Gasteiger partial charge < -0.3 is 14.7 Å². The molecule has 0 spiro atoms. The largest absolute Gasteiger partial charge is 0.377 e. The fourth-order valence-corrected chi connectivity index (χ4v) is 4.47. The molecule has 4 aromatic heterocycles. The minimum atomic E-state index is -1.20. The molecule has 0 radical (unpaired) electrons. The first-order valence-electron chi connectivity index (χ1n) is 9.23. The van der Waals surface area contributed by atoms with Crippen molar-refractivity contribution in [1.29, 1.82) is 0 Å². The number of imidazole rings is 1. The summed E-state index contributed by atoms with van der Waals surface area (Å²) in [5, 5.41) is 15.2. The summed E-state index contributed by atoms with van der Waals surface area (Å²) in [6, 6.07) is 11.8. The highest BCUT2D eigenvalue weighted by Gasteiger charge is 2.30. The van der Waals surface area contributed by atoms with E-state index in [9.17, 15) is 5.11 Å². The van der Waals surface area contributed by atoms with Gasteiger partial charge in [-0.25, -0.2) is 15.0 Å². The van der Waals surface area contributed by atoms with E-state index in [1.807, 2.05) is 65.8 Å². The van der Waals surface area contributed by atoms with E-state index in [1.54, 1.807) is 30.7 Å². The van der Waals surface area contributed by atoms with Gasteiger partial charge in [-0.3, -0.25) is 0 Å². The highest BCUT2D eigenvalue weighted by atomic mass is 32.1. The van der Waals surface area contributed by atoms with E-state index in [0.717, 1.165) is 38.4 Å². The van der Waals surface area contributed by atoms with E-state index in [1.165, 1.54) is 0 Å². The highest BCUT2D eigenvalue weighted by molar-refractivity contribution is 7.13. The molecular formula is C22H19N5OS. The molecule has 1 aromatic carbocycles. The van der Waals surface area contributed by atoms with E-state index in [-0.39, 0.29) is 0 Å². The Morgan fingerprint density at radius 1 is 1.14 bits per heavy atom. The number of aliphatic hydroxyl groups is 1. The molecule has 144 valence electrons. The molecule has 0 unspecified atom stereocenters. The number of benzene rings is 1. The molecule has 6 nitrogen and oxygen atoms in total. The highest BCUT2D eigenvalue weighted by Crippen LogP contribution is 2.35. The number of aromatic nitrogens is 5. The second-order valence-corrected chi connectivity index (χ2v) is 8.01. The summed E-state index contributed by atoms with van der Waals surface area (Å²) >= 11 is 1.59. The van der Waals surface area contributed by atoms with Crippen molar-refractivity contribution in [3.8, 4) is 21.8 Å². The van der Waals surface area contributed by atoms with Crippen molar-refractivity contribution in [3.63, 3.8) is 0 Å². The standard InChI is InChI=1S/C22H19N5OS/c1-22(28,21-24-9-10-27(21)2)15-6-3-5-14(11-15)18-13-29-20(26-18)17-12-25-19-16(17)7-4-8-23-19/h3-13,28H,1-2H3,(H,23,25)/t22-/m0/s1. The zero-order valence-electron chi connectivity index (χ0n) is 16.0. The summed E-state index contributed by atoms with van der Waals surface area (Å²) in [6.07, 6.45) is 7.24. The lowest BCUT2D eigenvalue weighted by molar-refractivity contribution is 0.0892. The Morgan fingerprint density at radius 3 is 2.86 bits per heavy atom. The Balaban J connectivity index is 1.53. The van der Waals surface area contributed by atoms with Crippen molar-refractivity contribution >= 4 is 22.4 Å². The summed E-state index contributed by atoms with van der Waals surface area (Å²) in [5.74, 6) is 0.597. The van der Waals surface area contributed by atoms with E-state index in [0.29, 0.717) is 5.82 Å². The van der Waals surface area contributed by atoms with E-state index >= 15 is 0 Å². The number of thiazole rings is 1. The second-order valence-electron chi connectivity index (χ2n) is 7.15. The van der Waals surface area contributed by atoms with Crippen LogP contribution in [0.25, 0.3) is 32.9 Å². The van der Waals surface area contributed by atoms with Crippen molar-refractivity contribution in [1.82, 2.24) is 24.5 Å². The molecule has 7 heteroatoms. The minimum Gasteiger partial charge on any atom is -0.377 e. The monoisotopic (exact) mass is 401 g/mol. The Labute approximate surface area is 171 Å². The number of aromatic amines is 1. The van der Waals surface area contributed by atoms with Crippen LogP contribution in [-0.2, 0) is 12.6 Å². The summed E-state index contributed by atoms with van der Waals surface area (Å²) in [4.78, 5) is 16.7. The first-order chi connectivity index (χ1) is 14.0. The molecular weight excluding hydrogens is 382 g/mol. The van der Waals surface area contributed by atoms with Gasteiger partial charge in [0.05, 0.1) is 5.69 Å². The topological polar surface area (TPSA) is 79.6 Å². The molecule has 4 heterocycles. The minimum absolute atomic E-state index is 0.597. The van der Waals surface area contributed by atoms with Gasteiger partial charge in [0.2, 0.25) is 0 Å². The SMILES string of the molecule is Cn1ccnc1[C@@](C)(O)c1cccc(-c2csc(-c3c[nH]c4ncccc34)n2)c1. The van der Waals surface area contributed by atoms with Crippen molar-refractivity contribution < 1.29 is 5.11 Å². The first-order valence-corrected chi connectivity index (χ1v) is 10.1. The Kier molecular flexibility index (Phi) is 4.08. The second kappa shape index (κ2) is 6.65. The molecule has 0 aliphatic rings. The maximum atomic E-state index is 11.2. The summed E-state index contributed by atoms with van der Waals surface area (Å²) in [7, 11) is 1.88. The van der Waals surface area contributed by atoms with Crippen LogP contribution < -0.4 is 0 Å². The molecule has 2 N–H and O–H groups in total. The number of H-pyrrole nitrogens is 1. The number of nitrogens with one attached hydrogen (secondary N) is 1.